The maximum absolute atomic E-state index is 7.97. The number of rotatable bonds is 3. The largest absolute Gasteiger partial charge is 0.257 e. The van der Waals surface area contributed by atoms with Crippen LogP contribution in [0.15, 0.2) is 35.6 Å². The van der Waals surface area contributed by atoms with Gasteiger partial charge in [0.25, 0.3) is 0 Å². The minimum atomic E-state index is 0.368. The highest BCUT2D eigenvalue weighted by Gasteiger charge is 1.81. The van der Waals surface area contributed by atoms with Gasteiger partial charge in [-0.1, -0.05) is 17.3 Å². The van der Waals surface area contributed by atoms with Crippen molar-refractivity contribution in [3.8, 4) is 0 Å². The van der Waals surface area contributed by atoms with E-state index in [0.717, 1.165) is 5.69 Å². The van der Waals surface area contributed by atoms with Crippen molar-refractivity contribution in [2.45, 2.75) is 0 Å². The van der Waals surface area contributed by atoms with Crippen LogP contribution >= 0.6 is 0 Å². The molecule has 0 N–H and O–H groups in total. The Hall–Kier alpha value is -1.80. The first-order chi connectivity index (χ1) is 5.93. The van der Waals surface area contributed by atoms with Crippen molar-refractivity contribution in [1.82, 2.24) is 4.98 Å². The molecule has 12 heavy (non-hydrogen) atoms. The summed E-state index contributed by atoms with van der Waals surface area (Å²) in [6, 6.07) is 5.64. The molecule has 0 saturated heterocycles. The third kappa shape index (κ3) is 2.86. The number of hydrogen-bond acceptors (Lipinski definition) is 2. The molecule has 0 aliphatic rings. The second kappa shape index (κ2) is 4.93. The van der Waals surface area contributed by atoms with Gasteiger partial charge in [0, 0.05) is 17.7 Å². The Labute approximate surface area is 70.2 Å². The average Bonchev–Trinajstić information content (AvgIpc) is 2.14. The Balaban J connectivity index is 2.52. The zero-order valence-electron chi connectivity index (χ0n) is 6.46. The van der Waals surface area contributed by atoms with E-state index < -0.39 is 0 Å². The molecule has 0 amide bonds. The van der Waals surface area contributed by atoms with E-state index in [1.165, 1.54) is 0 Å². The molecule has 0 radical (unpaired) electrons. The Morgan fingerprint density at radius 1 is 1.58 bits per heavy atom. The van der Waals surface area contributed by atoms with Crippen LogP contribution in [-0.4, -0.2) is 11.5 Å². The van der Waals surface area contributed by atoms with Gasteiger partial charge in [-0.15, -0.1) is 0 Å². The van der Waals surface area contributed by atoms with Crippen LogP contribution in [0.3, 0.4) is 0 Å². The summed E-state index contributed by atoms with van der Waals surface area (Å²) in [6.45, 7) is 0.368. The predicted molar refractivity (Wildman–Crippen MR) is 47.3 cm³/mol. The number of aromatic nitrogens is 1. The number of nitrogens with zero attached hydrogens (tertiary/aromatic N) is 4. The summed E-state index contributed by atoms with van der Waals surface area (Å²) in [4.78, 5) is 6.67. The van der Waals surface area contributed by atoms with Crippen LogP contribution in [-0.2, 0) is 0 Å². The molecule has 0 atom stereocenters. The smallest absolute Gasteiger partial charge is 0.0626 e. The zero-order chi connectivity index (χ0) is 8.65. The minimum Gasteiger partial charge on any atom is -0.257 e. The number of pyridine rings is 1. The molecule has 1 aromatic rings. The molecule has 1 heterocycles. The zero-order valence-corrected chi connectivity index (χ0v) is 6.46. The van der Waals surface area contributed by atoms with Gasteiger partial charge < -0.3 is 0 Å². The molecule has 1 rings (SSSR count). The van der Waals surface area contributed by atoms with E-state index >= 15 is 0 Å². The lowest BCUT2D eigenvalue weighted by Gasteiger charge is -1.87. The van der Waals surface area contributed by atoms with Gasteiger partial charge in [-0.3, -0.25) is 4.98 Å². The van der Waals surface area contributed by atoms with Crippen LogP contribution in [0.1, 0.15) is 5.69 Å². The Kier molecular flexibility index (Phi) is 3.41. The molecule has 0 unspecified atom stereocenters. The first-order valence-corrected chi connectivity index (χ1v) is 3.52. The van der Waals surface area contributed by atoms with Crippen molar-refractivity contribution in [3.63, 3.8) is 0 Å². The standard InChI is InChI=1S/C8H8N4/c9-12-11-7-3-5-8-4-1-2-6-10-8/h1-6H,7H2. The summed E-state index contributed by atoms with van der Waals surface area (Å²) in [5.41, 5.74) is 8.84. The molecule has 60 valence electrons. The highest BCUT2D eigenvalue weighted by Crippen LogP contribution is 1.95. The molecular weight excluding hydrogens is 152 g/mol. The fourth-order valence-corrected chi connectivity index (χ4v) is 0.732. The SMILES string of the molecule is [N-]=[N+]=NCC=Cc1ccccn1. The van der Waals surface area contributed by atoms with Crippen LogP contribution in [0.4, 0.5) is 0 Å². The van der Waals surface area contributed by atoms with E-state index in [-0.39, 0.29) is 0 Å². The lowest BCUT2D eigenvalue weighted by molar-refractivity contribution is 1.21. The number of hydrogen-bond donors (Lipinski definition) is 0. The van der Waals surface area contributed by atoms with Gasteiger partial charge in [-0.25, -0.2) is 0 Å². The van der Waals surface area contributed by atoms with Crippen LogP contribution in [0.5, 0.6) is 0 Å². The third-order valence-corrected chi connectivity index (χ3v) is 1.23. The van der Waals surface area contributed by atoms with Crippen molar-refractivity contribution in [2.75, 3.05) is 6.54 Å². The predicted octanol–water partition coefficient (Wildman–Crippen LogP) is 2.41. The van der Waals surface area contributed by atoms with Gasteiger partial charge in [0.1, 0.15) is 0 Å². The average molecular weight is 160 g/mol. The van der Waals surface area contributed by atoms with Crippen LogP contribution in [0.2, 0.25) is 0 Å². The molecular formula is C8H8N4. The Morgan fingerprint density at radius 3 is 3.17 bits per heavy atom. The molecule has 0 spiro atoms. The molecule has 0 aliphatic carbocycles. The maximum atomic E-state index is 7.97. The lowest BCUT2D eigenvalue weighted by Crippen LogP contribution is -1.76. The van der Waals surface area contributed by atoms with Crippen molar-refractivity contribution >= 4 is 6.08 Å². The lowest BCUT2D eigenvalue weighted by atomic mass is 10.3. The van der Waals surface area contributed by atoms with Crippen molar-refractivity contribution in [2.24, 2.45) is 5.11 Å². The first-order valence-electron chi connectivity index (χ1n) is 3.52. The van der Waals surface area contributed by atoms with Gasteiger partial charge >= 0.3 is 0 Å². The molecule has 1 aromatic heterocycles. The fraction of sp³-hybridized carbons (Fsp3) is 0.125. The molecule has 0 aliphatic heterocycles. The van der Waals surface area contributed by atoms with E-state index in [0.29, 0.717) is 6.54 Å². The van der Waals surface area contributed by atoms with Crippen LogP contribution in [0, 0.1) is 0 Å². The molecule has 4 nitrogen and oxygen atoms in total. The van der Waals surface area contributed by atoms with Gasteiger partial charge in [0.05, 0.1) is 5.69 Å². The second-order valence-corrected chi connectivity index (χ2v) is 2.07. The van der Waals surface area contributed by atoms with Crippen molar-refractivity contribution in [3.05, 3.63) is 46.6 Å². The van der Waals surface area contributed by atoms with Crippen LogP contribution < -0.4 is 0 Å². The fourth-order valence-electron chi connectivity index (χ4n) is 0.732. The summed E-state index contributed by atoms with van der Waals surface area (Å²) in [5, 5.41) is 3.35. The van der Waals surface area contributed by atoms with Crippen molar-refractivity contribution in [1.29, 1.82) is 0 Å². The van der Waals surface area contributed by atoms with E-state index in [4.69, 9.17) is 5.53 Å². The van der Waals surface area contributed by atoms with Crippen molar-refractivity contribution < 1.29 is 0 Å². The topological polar surface area (TPSA) is 61.7 Å². The summed E-state index contributed by atoms with van der Waals surface area (Å²) in [5.74, 6) is 0. The van der Waals surface area contributed by atoms with Gasteiger partial charge in [-0.2, -0.15) is 0 Å². The van der Waals surface area contributed by atoms with Gasteiger partial charge in [0.15, 0.2) is 0 Å². The monoisotopic (exact) mass is 160 g/mol. The van der Waals surface area contributed by atoms with Crippen LogP contribution in [0.25, 0.3) is 16.5 Å². The quantitative estimate of drug-likeness (QED) is 0.380. The Morgan fingerprint density at radius 2 is 2.50 bits per heavy atom. The number of azide groups is 1. The summed E-state index contributed by atoms with van der Waals surface area (Å²) >= 11 is 0. The summed E-state index contributed by atoms with van der Waals surface area (Å²) in [6.07, 6.45) is 5.30. The Bertz CT molecular complexity index is 298. The highest BCUT2D eigenvalue weighted by atomic mass is 15.1. The third-order valence-electron chi connectivity index (χ3n) is 1.23. The second-order valence-electron chi connectivity index (χ2n) is 2.07. The molecule has 0 saturated carbocycles. The molecule has 0 bridgehead atoms. The molecule has 4 heteroatoms. The highest BCUT2D eigenvalue weighted by molar-refractivity contribution is 5.43. The molecule has 0 aromatic carbocycles. The maximum Gasteiger partial charge on any atom is 0.0626 e. The van der Waals surface area contributed by atoms with Gasteiger partial charge in [0.2, 0.25) is 0 Å². The first kappa shape index (κ1) is 8.30. The summed E-state index contributed by atoms with van der Waals surface area (Å²) in [7, 11) is 0. The summed E-state index contributed by atoms with van der Waals surface area (Å²) < 4.78 is 0. The molecule has 0 fully saturated rings. The van der Waals surface area contributed by atoms with E-state index in [1.807, 2.05) is 24.3 Å². The minimum absolute atomic E-state index is 0.368. The normalized spacial score (nSPS) is 9.67. The van der Waals surface area contributed by atoms with E-state index in [2.05, 4.69) is 15.0 Å². The van der Waals surface area contributed by atoms with Gasteiger partial charge in [-0.05, 0) is 23.7 Å². The van der Waals surface area contributed by atoms with E-state index in [1.54, 1.807) is 12.3 Å². The van der Waals surface area contributed by atoms with E-state index in [9.17, 15) is 0 Å².